The largest absolute Gasteiger partial charge is 0.380 e. The van der Waals surface area contributed by atoms with Crippen LogP contribution >= 0.6 is 0 Å². The maximum atomic E-state index is 13.3. The molecular formula is C21H29N3O2. The first-order valence-corrected chi connectivity index (χ1v) is 9.99. The van der Waals surface area contributed by atoms with E-state index >= 15 is 0 Å². The highest BCUT2D eigenvalue weighted by Crippen LogP contribution is 2.40. The van der Waals surface area contributed by atoms with Crippen LogP contribution in [0.3, 0.4) is 0 Å². The molecule has 1 atom stereocenters. The van der Waals surface area contributed by atoms with Crippen molar-refractivity contribution >= 4 is 16.9 Å². The maximum absolute atomic E-state index is 13.3. The van der Waals surface area contributed by atoms with Gasteiger partial charge in [-0.1, -0.05) is 31.5 Å². The molecule has 0 saturated heterocycles. The number of nitrogens with zero attached hydrogens (tertiary/aromatic N) is 3. The number of unbranched alkanes of at least 4 members (excludes halogenated alkanes) is 1. The van der Waals surface area contributed by atoms with Gasteiger partial charge in [-0.3, -0.25) is 9.47 Å². The third kappa shape index (κ3) is 2.83. The number of para-hydroxylation sites is 1. The standard InChI is InChI=1S/C21H29N3O2/c1-3-5-11-22-12-10-17-16-8-6-7-9-18(16)24-20(17)19(22)15-23(21(24)25)13-14-26-4-2/h6-9,19H,3-5,10-15H2,1-2H3. The Bertz CT molecular complexity index is 798. The molecule has 0 N–H and O–H groups in total. The highest BCUT2D eigenvalue weighted by Gasteiger charge is 2.40. The Labute approximate surface area is 155 Å². The molecule has 5 nitrogen and oxygen atoms in total. The van der Waals surface area contributed by atoms with E-state index in [9.17, 15) is 4.79 Å². The van der Waals surface area contributed by atoms with Crippen LogP contribution in [0.25, 0.3) is 10.9 Å². The minimum Gasteiger partial charge on any atom is -0.380 e. The molecule has 0 aliphatic carbocycles. The van der Waals surface area contributed by atoms with Crippen molar-refractivity contribution in [3.05, 3.63) is 35.5 Å². The van der Waals surface area contributed by atoms with Crippen molar-refractivity contribution in [3.8, 4) is 0 Å². The summed E-state index contributed by atoms with van der Waals surface area (Å²) in [7, 11) is 0. The van der Waals surface area contributed by atoms with Crippen LogP contribution in [-0.4, -0.2) is 59.8 Å². The molecule has 2 aliphatic heterocycles. The molecule has 140 valence electrons. The van der Waals surface area contributed by atoms with Crippen LogP contribution < -0.4 is 0 Å². The van der Waals surface area contributed by atoms with Gasteiger partial charge < -0.3 is 9.64 Å². The number of ether oxygens (including phenoxy) is 1. The number of carbonyl (C=O) groups excluding carboxylic acids is 1. The van der Waals surface area contributed by atoms with Crippen molar-refractivity contribution in [2.75, 3.05) is 39.4 Å². The van der Waals surface area contributed by atoms with Crippen molar-refractivity contribution in [3.63, 3.8) is 0 Å². The number of carbonyl (C=O) groups is 1. The summed E-state index contributed by atoms with van der Waals surface area (Å²) in [6, 6.07) is 8.79. The zero-order valence-corrected chi connectivity index (χ0v) is 15.9. The summed E-state index contributed by atoms with van der Waals surface area (Å²) in [4.78, 5) is 17.8. The van der Waals surface area contributed by atoms with Gasteiger partial charge in [0.25, 0.3) is 0 Å². The zero-order valence-electron chi connectivity index (χ0n) is 15.9. The third-order valence-corrected chi connectivity index (χ3v) is 5.79. The molecule has 2 aliphatic rings. The minimum atomic E-state index is 0.107. The molecule has 0 radical (unpaired) electrons. The number of rotatable bonds is 7. The molecule has 1 unspecified atom stereocenters. The number of fused-ring (bicyclic) bond motifs is 3. The predicted molar refractivity (Wildman–Crippen MR) is 104 cm³/mol. The van der Waals surface area contributed by atoms with E-state index in [1.807, 2.05) is 22.5 Å². The molecule has 26 heavy (non-hydrogen) atoms. The highest BCUT2D eigenvalue weighted by molar-refractivity contribution is 5.96. The summed E-state index contributed by atoms with van der Waals surface area (Å²) in [5.74, 6) is 0. The summed E-state index contributed by atoms with van der Waals surface area (Å²) in [5, 5.41) is 1.25. The number of aromatic nitrogens is 1. The Morgan fingerprint density at radius 3 is 2.85 bits per heavy atom. The van der Waals surface area contributed by atoms with Gasteiger partial charge in [-0.05, 0) is 37.9 Å². The van der Waals surface area contributed by atoms with Gasteiger partial charge in [0.2, 0.25) is 0 Å². The van der Waals surface area contributed by atoms with Crippen molar-refractivity contribution in [2.45, 2.75) is 39.2 Å². The summed E-state index contributed by atoms with van der Waals surface area (Å²) in [6.45, 7) is 9.15. The van der Waals surface area contributed by atoms with Gasteiger partial charge in [0.15, 0.2) is 0 Å². The van der Waals surface area contributed by atoms with Gasteiger partial charge in [0.1, 0.15) is 0 Å². The van der Waals surface area contributed by atoms with E-state index in [2.05, 4.69) is 30.0 Å². The average molecular weight is 355 g/mol. The third-order valence-electron chi connectivity index (χ3n) is 5.79. The normalized spacial score (nSPS) is 20.0. The molecule has 0 fully saturated rings. The topological polar surface area (TPSA) is 37.7 Å². The van der Waals surface area contributed by atoms with Crippen LogP contribution in [0, 0.1) is 0 Å². The van der Waals surface area contributed by atoms with Crippen molar-refractivity contribution in [2.24, 2.45) is 0 Å². The Balaban J connectivity index is 1.76. The van der Waals surface area contributed by atoms with E-state index in [-0.39, 0.29) is 6.03 Å². The van der Waals surface area contributed by atoms with E-state index in [0.29, 0.717) is 25.8 Å². The molecule has 1 amide bonds. The number of benzene rings is 1. The fourth-order valence-electron chi connectivity index (χ4n) is 4.49. The Morgan fingerprint density at radius 2 is 2.04 bits per heavy atom. The minimum absolute atomic E-state index is 0.107. The lowest BCUT2D eigenvalue weighted by molar-refractivity contribution is 0.0845. The summed E-state index contributed by atoms with van der Waals surface area (Å²) >= 11 is 0. The molecule has 2 aromatic rings. The van der Waals surface area contributed by atoms with E-state index in [4.69, 9.17) is 4.74 Å². The van der Waals surface area contributed by atoms with Crippen molar-refractivity contribution in [1.29, 1.82) is 0 Å². The second-order valence-electron chi connectivity index (χ2n) is 7.30. The van der Waals surface area contributed by atoms with Gasteiger partial charge >= 0.3 is 6.03 Å². The molecule has 1 aromatic heterocycles. The fourth-order valence-corrected chi connectivity index (χ4v) is 4.49. The maximum Gasteiger partial charge on any atom is 0.329 e. The fraction of sp³-hybridized carbons (Fsp3) is 0.571. The van der Waals surface area contributed by atoms with E-state index in [0.717, 1.165) is 31.6 Å². The predicted octanol–water partition coefficient (Wildman–Crippen LogP) is 3.66. The second kappa shape index (κ2) is 7.41. The Kier molecular flexibility index (Phi) is 5.00. The smallest absolute Gasteiger partial charge is 0.329 e. The van der Waals surface area contributed by atoms with Crippen LogP contribution in [0.5, 0.6) is 0 Å². The molecule has 0 saturated carbocycles. The molecule has 3 heterocycles. The lowest BCUT2D eigenvalue weighted by atomic mass is 9.95. The average Bonchev–Trinajstić information content (AvgIpc) is 3.00. The number of hydrogen-bond acceptors (Lipinski definition) is 3. The second-order valence-corrected chi connectivity index (χ2v) is 7.30. The first kappa shape index (κ1) is 17.6. The van der Waals surface area contributed by atoms with Crippen LogP contribution in [0.1, 0.15) is 44.0 Å². The SMILES string of the molecule is CCCCN1CCc2c3n(c4ccccc24)C(=O)N(CCOCC)CC31. The van der Waals surface area contributed by atoms with Crippen molar-refractivity contribution in [1.82, 2.24) is 14.4 Å². The lowest BCUT2D eigenvalue weighted by Crippen LogP contribution is -2.51. The molecule has 0 bridgehead atoms. The van der Waals surface area contributed by atoms with Gasteiger partial charge in [-0.2, -0.15) is 0 Å². The zero-order chi connectivity index (χ0) is 18.1. The van der Waals surface area contributed by atoms with Crippen LogP contribution in [-0.2, 0) is 11.2 Å². The van der Waals surface area contributed by atoms with E-state index in [1.165, 1.54) is 29.5 Å². The summed E-state index contributed by atoms with van der Waals surface area (Å²) in [6.07, 6.45) is 3.44. The van der Waals surface area contributed by atoms with Gasteiger partial charge in [0.05, 0.1) is 23.9 Å². The quantitative estimate of drug-likeness (QED) is 0.712. The summed E-state index contributed by atoms with van der Waals surface area (Å²) in [5.41, 5.74) is 3.69. The molecule has 0 spiro atoms. The van der Waals surface area contributed by atoms with Crippen LogP contribution in [0.2, 0.25) is 0 Å². The van der Waals surface area contributed by atoms with Gasteiger partial charge in [0, 0.05) is 31.6 Å². The lowest BCUT2D eigenvalue weighted by Gasteiger charge is -2.43. The Morgan fingerprint density at radius 1 is 1.19 bits per heavy atom. The van der Waals surface area contributed by atoms with Gasteiger partial charge in [-0.25, -0.2) is 4.79 Å². The monoisotopic (exact) mass is 355 g/mol. The van der Waals surface area contributed by atoms with Gasteiger partial charge in [-0.15, -0.1) is 0 Å². The van der Waals surface area contributed by atoms with Crippen molar-refractivity contribution < 1.29 is 9.53 Å². The van der Waals surface area contributed by atoms with Crippen LogP contribution in [0.15, 0.2) is 24.3 Å². The van der Waals surface area contributed by atoms with E-state index < -0.39 is 0 Å². The first-order chi connectivity index (χ1) is 12.8. The number of amides is 1. The number of hydrogen-bond donors (Lipinski definition) is 0. The molecular weight excluding hydrogens is 326 g/mol. The highest BCUT2D eigenvalue weighted by atomic mass is 16.5. The molecule has 4 rings (SSSR count). The van der Waals surface area contributed by atoms with E-state index in [1.54, 1.807) is 0 Å². The first-order valence-electron chi connectivity index (χ1n) is 9.99. The molecule has 1 aromatic carbocycles. The Hall–Kier alpha value is -1.85. The summed E-state index contributed by atoms with van der Waals surface area (Å²) < 4.78 is 7.51. The van der Waals surface area contributed by atoms with Crippen LogP contribution in [0.4, 0.5) is 4.79 Å². The molecule has 5 heteroatoms.